The zero-order chi connectivity index (χ0) is 45.0. The summed E-state index contributed by atoms with van der Waals surface area (Å²) < 4.78 is 6.30. The van der Waals surface area contributed by atoms with E-state index >= 15 is 0 Å². The Bertz CT molecular complexity index is 3510. The summed E-state index contributed by atoms with van der Waals surface area (Å²) in [5.74, 6) is 0. The highest BCUT2D eigenvalue weighted by Gasteiger charge is 2.42. The number of para-hydroxylation sites is 3. The number of fused-ring (bicyclic) bond motifs is 6. The predicted octanol–water partition coefficient (Wildman–Crippen LogP) is 14.2. The van der Waals surface area contributed by atoms with Crippen molar-refractivity contribution in [3.8, 4) is 11.1 Å². The zero-order valence-corrected chi connectivity index (χ0v) is 38.6. The molecule has 10 aromatic carbocycles. The second kappa shape index (κ2) is 16.4. The van der Waals surface area contributed by atoms with E-state index in [1.807, 2.05) is 12.1 Å². The minimum absolute atomic E-state index is 0.0652. The van der Waals surface area contributed by atoms with Gasteiger partial charge in [0.25, 0.3) is 0 Å². The summed E-state index contributed by atoms with van der Waals surface area (Å²) in [4.78, 5) is 4.79. The average Bonchev–Trinajstić information content (AvgIpc) is 3.87. The Labute approximate surface area is 393 Å². The molecule has 320 valence electrons. The van der Waals surface area contributed by atoms with Crippen LogP contribution in [0.1, 0.15) is 25.0 Å². The van der Waals surface area contributed by atoms with Crippen molar-refractivity contribution in [1.29, 1.82) is 0 Å². The molecule has 3 nitrogen and oxygen atoms in total. The third-order valence-corrected chi connectivity index (χ3v) is 18.8. The van der Waals surface area contributed by atoms with Gasteiger partial charge in [-0.15, -0.1) is 0 Å². The quantitative estimate of drug-likeness (QED) is 0.101. The summed E-state index contributed by atoms with van der Waals surface area (Å²) in [6, 6.07) is 93.5. The van der Waals surface area contributed by atoms with Crippen LogP contribution < -0.4 is 30.5 Å². The van der Waals surface area contributed by atoms with E-state index in [-0.39, 0.29) is 5.41 Å². The van der Waals surface area contributed by atoms with Gasteiger partial charge in [-0.05, 0) is 128 Å². The molecule has 0 saturated heterocycles. The summed E-state index contributed by atoms with van der Waals surface area (Å²) in [5.41, 5.74) is 13.7. The van der Waals surface area contributed by atoms with Crippen LogP contribution in [-0.2, 0) is 5.41 Å². The molecule has 1 aliphatic carbocycles. The van der Waals surface area contributed by atoms with Crippen LogP contribution in [0.3, 0.4) is 0 Å². The fourth-order valence-corrected chi connectivity index (χ4v) is 15.6. The molecular weight excluding hydrogens is 829 g/mol. The van der Waals surface area contributed by atoms with Crippen LogP contribution in [-0.4, -0.2) is 8.07 Å². The van der Waals surface area contributed by atoms with Crippen molar-refractivity contribution in [2.75, 3.05) is 9.80 Å². The molecule has 0 bridgehead atoms. The first-order valence-corrected chi connectivity index (χ1v) is 25.2. The molecule has 0 atom stereocenters. The van der Waals surface area contributed by atoms with Crippen molar-refractivity contribution < 1.29 is 4.42 Å². The van der Waals surface area contributed by atoms with Crippen molar-refractivity contribution in [2.24, 2.45) is 0 Å². The number of hydrogen-bond acceptors (Lipinski definition) is 3. The van der Waals surface area contributed by atoms with Gasteiger partial charge in [0.1, 0.15) is 11.2 Å². The van der Waals surface area contributed by atoms with E-state index in [0.717, 1.165) is 56.1 Å². The standard InChI is InChI=1S/C63H48N2OSi/c1-63(2)59-32-17-15-30-55(59)57-43-49(36-40-60(57)63)64(45-20-7-3-8-21-45)47-34-38-53(39-35-47)67(51-25-11-5-12-26-51,52-27-13-6-14-28-52)54-29-19-24-48(42-54)65(46-22-9-4-10-23-46)50-37-41-62-58(44-50)56-31-16-18-33-61(56)66-62/h3-44H,1-2H3. The normalized spacial score (nSPS) is 12.7. The first kappa shape index (κ1) is 40.3. The number of benzene rings is 10. The Hall–Kier alpha value is -8.18. The molecule has 1 aliphatic rings. The molecular formula is C63H48N2OSi. The maximum atomic E-state index is 6.30. The molecule has 11 aromatic rings. The molecule has 0 aliphatic heterocycles. The van der Waals surface area contributed by atoms with E-state index in [1.54, 1.807) is 0 Å². The molecule has 4 heteroatoms. The Morgan fingerprint density at radius 3 is 1.45 bits per heavy atom. The number of rotatable bonds is 10. The van der Waals surface area contributed by atoms with Gasteiger partial charge in [0.05, 0.1) is 0 Å². The second-order valence-corrected chi connectivity index (χ2v) is 21.9. The third-order valence-electron chi connectivity index (χ3n) is 14.0. The molecule has 0 fully saturated rings. The molecule has 1 heterocycles. The van der Waals surface area contributed by atoms with Crippen molar-refractivity contribution in [2.45, 2.75) is 19.3 Å². The van der Waals surface area contributed by atoms with E-state index in [2.05, 4.69) is 266 Å². The first-order valence-electron chi connectivity index (χ1n) is 23.2. The highest BCUT2D eigenvalue weighted by molar-refractivity contribution is 7.20. The first-order chi connectivity index (χ1) is 33.0. The minimum Gasteiger partial charge on any atom is -0.456 e. The third kappa shape index (κ3) is 6.71. The molecule has 12 rings (SSSR count). The zero-order valence-electron chi connectivity index (χ0n) is 37.6. The fourth-order valence-electron chi connectivity index (χ4n) is 10.9. The Morgan fingerprint density at radius 2 is 0.761 bits per heavy atom. The van der Waals surface area contributed by atoms with Gasteiger partial charge in [-0.25, -0.2) is 0 Å². The molecule has 0 spiro atoms. The molecule has 0 radical (unpaired) electrons. The highest BCUT2D eigenvalue weighted by Crippen LogP contribution is 2.50. The van der Waals surface area contributed by atoms with Crippen LogP contribution in [0, 0.1) is 0 Å². The van der Waals surface area contributed by atoms with Gasteiger partial charge < -0.3 is 14.2 Å². The van der Waals surface area contributed by atoms with Gasteiger partial charge in [-0.1, -0.05) is 184 Å². The van der Waals surface area contributed by atoms with Crippen LogP contribution in [0.15, 0.2) is 259 Å². The Balaban J connectivity index is 1.04. The van der Waals surface area contributed by atoms with Gasteiger partial charge in [-0.3, -0.25) is 0 Å². The smallest absolute Gasteiger partial charge is 0.179 e. The lowest BCUT2D eigenvalue weighted by atomic mass is 9.82. The Kier molecular flexibility index (Phi) is 9.85. The lowest BCUT2D eigenvalue weighted by molar-refractivity contribution is 0.660. The van der Waals surface area contributed by atoms with Crippen molar-refractivity contribution in [3.05, 3.63) is 266 Å². The topological polar surface area (TPSA) is 19.6 Å². The number of anilines is 6. The summed E-state index contributed by atoms with van der Waals surface area (Å²) in [5, 5.41) is 7.46. The summed E-state index contributed by atoms with van der Waals surface area (Å²) in [6.45, 7) is 4.69. The van der Waals surface area contributed by atoms with E-state index in [1.165, 1.54) is 43.0 Å². The molecule has 67 heavy (non-hydrogen) atoms. The minimum atomic E-state index is -2.99. The largest absolute Gasteiger partial charge is 0.456 e. The van der Waals surface area contributed by atoms with E-state index in [9.17, 15) is 0 Å². The summed E-state index contributed by atoms with van der Waals surface area (Å²) in [6.07, 6.45) is 0. The lowest BCUT2D eigenvalue weighted by Gasteiger charge is -2.36. The maximum Gasteiger partial charge on any atom is 0.179 e. The Morgan fingerprint density at radius 1 is 0.313 bits per heavy atom. The number of nitrogens with zero attached hydrogens (tertiary/aromatic N) is 2. The molecule has 1 aromatic heterocycles. The molecule has 0 unspecified atom stereocenters. The van der Waals surface area contributed by atoms with E-state index in [0.29, 0.717) is 0 Å². The second-order valence-electron chi connectivity index (χ2n) is 18.1. The summed E-state index contributed by atoms with van der Waals surface area (Å²) >= 11 is 0. The van der Waals surface area contributed by atoms with Crippen LogP contribution >= 0.6 is 0 Å². The highest BCUT2D eigenvalue weighted by atomic mass is 28.3. The van der Waals surface area contributed by atoms with Gasteiger partial charge in [-0.2, -0.15) is 0 Å². The van der Waals surface area contributed by atoms with Crippen LogP contribution in [0.4, 0.5) is 34.1 Å². The van der Waals surface area contributed by atoms with Crippen molar-refractivity contribution in [1.82, 2.24) is 0 Å². The van der Waals surface area contributed by atoms with Crippen LogP contribution in [0.5, 0.6) is 0 Å². The van der Waals surface area contributed by atoms with Crippen molar-refractivity contribution in [3.63, 3.8) is 0 Å². The molecule has 0 N–H and O–H groups in total. The molecule has 0 amide bonds. The van der Waals surface area contributed by atoms with Crippen LogP contribution in [0.25, 0.3) is 33.1 Å². The monoisotopic (exact) mass is 876 g/mol. The summed E-state index contributed by atoms with van der Waals surface area (Å²) in [7, 11) is -2.99. The van der Waals surface area contributed by atoms with E-state index in [4.69, 9.17) is 4.42 Å². The van der Waals surface area contributed by atoms with Gasteiger partial charge in [0.2, 0.25) is 0 Å². The van der Waals surface area contributed by atoms with E-state index < -0.39 is 8.07 Å². The average molecular weight is 877 g/mol. The molecule has 0 saturated carbocycles. The van der Waals surface area contributed by atoms with Gasteiger partial charge in [0.15, 0.2) is 8.07 Å². The van der Waals surface area contributed by atoms with Crippen molar-refractivity contribution >= 4 is 84.9 Å². The van der Waals surface area contributed by atoms with Crippen LogP contribution in [0.2, 0.25) is 0 Å². The number of furan rings is 1. The fraction of sp³-hybridized carbons (Fsp3) is 0.0476. The number of hydrogen-bond donors (Lipinski definition) is 0. The maximum absolute atomic E-state index is 6.30. The SMILES string of the molecule is CC1(C)c2ccccc2-c2cc(N(c3ccccc3)c3ccc([Si](c4ccccc4)(c4ccccc4)c4cccc(N(c5ccccc5)c5ccc6oc7ccccc7c6c5)c4)cc3)ccc21. The van der Waals surface area contributed by atoms with Gasteiger partial charge >= 0.3 is 0 Å². The van der Waals surface area contributed by atoms with Gasteiger partial charge in [0, 0.05) is 50.3 Å². The predicted molar refractivity (Wildman–Crippen MR) is 284 cm³/mol. The lowest BCUT2D eigenvalue weighted by Crippen LogP contribution is -2.74.